The van der Waals surface area contributed by atoms with E-state index in [9.17, 15) is 0 Å². The molecule has 0 fully saturated rings. The SMILES string of the molecule is c1ccc(-n2c3ccccc3c3c(-c4cccc(-c5ccc6c(c5)-c5cccc7cccc-6c57)n4)cccc32)cc1. The van der Waals surface area contributed by atoms with Crippen LogP contribution < -0.4 is 0 Å². The fourth-order valence-corrected chi connectivity index (χ4v) is 6.78. The summed E-state index contributed by atoms with van der Waals surface area (Å²) in [5, 5.41) is 5.11. The van der Waals surface area contributed by atoms with E-state index >= 15 is 0 Å². The van der Waals surface area contributed by atoms with Gasteiger partial charge < -0.3 is 4.57 Å². The molecule has 2 heterocycles. The molecular formula is C39H24N2. The average Bonchev–Trinajstić information content (AvgIpc) is 3.56. The Bertz CT molecular complexity index is 2300. The molecule has 0 aliphatic heterocycles. The number of para-hydroxylation sites is 2. The van der Waals surface area contributed by atoms with E-state index in [4.69, 9.17) is 4.98 Å². The van der Waals surface area contributed by atoms with Crippen LogP contribution in [0, 0.1) is 0 Å². The second kappa shape index (κ2) is 8.51. The van der Waals surface area contributed by atoms with Crippen molar-refractivity contribution in [3.05, 3.63) is 146 Å². The van der Waals surface area contributed by atoms with E-state index in [1.807, 2.05) is 0 Å². The van der Waals surface area contributed by atoms with Gasteiger partial charge in [0.15, 0.2) is 0 Å². The Morgan fingerprint density at radius 2 is 1.10 bits per heavy atom. The third kappa shape index (κ3) is 3.22. The smallest absolute Gasteiger partial charge is 0.0716 e. The van der Waals surface area contributed by atoms with Gasteiger partial charge in [-0.1, -0.05) is 103 Å². The van der Waals surface area contributed by atoms with Gasteiger partial charge in [0.1, 0.15) is 0 Å². The molecule has 0 saturated heterocycles. The van der Waals surface area contributed by atoms with Crippen LogP contribution in [0.1, 0.15) is 0 Å². The molecule has 8 aromatic rings. The van der Waals surface area contributed by atoms with Crippen molar-refractivity contribution in [1.29, 1.82) is 0 Å². The minimum absolute atomic E-state index is 0.981. The zero-order chi connectivity index (χ0) is 26.9. The summed E-state index contributed by atoms with van der Waals surface area (Å²) in [7, 11) is 0. The minimum Gasteiger partial charge on any atom is -0.309 e. The average molecular weight is 521 g/mol. The van der Waals surface area contributed by atoms with Crippen LogP contribution in [0.4, 0.5) is 0 Å². The molecule has 2 aromatic heterocycles. The first-order chi connectivity index (χ1) is 20.3. The van der Waals surface area contributed by atoms with E-state index in [1.54, 1.807) is 0 Å². The van der Waals surface area contributed by atoms with Crippen molar-refractivity contribution in [2.24, 2.45) is 0 Å². The first kappa shape index (κ1) is 22.4. The van der Waals surface area contributed by atoms with Crippen molar-refractivity contribution in [2.45, 2.75) is 0 Å². The maximum atomic E-state index is 5.27. The molecule has 0 amide bonds. The standard InChI is InChI=1S/C39H24N2/c1-2-12-27(13-3-1)41-36-20-5-4-14-32(36)39-31(17-8-21-37(39)41)35-19-9-18-34(40-35)26-22-23-28-29-15-6-10-25-11-7-16-30(38(25)29)33(28)24-26/h1-24H. The molecular weight excluding hydrogens is 496 g/mol. The first-order valence-corrected chi connectivity index (χ1v) is 14.1. The number of nitrogens with zero attached hydrogens (tertiary/aromatic N) is 2. The van der Waals surface area contributed by atoms with Gasteiger partial charge in [-0.15, -0.1) is 0 Å². The lowest BCUT2D eigenvalue weighted by atomic mass is 9.99. The molecule has 41 heavy (non-hydrogen) atoms. The Morgan fingerprint density at radius 1 is 0.415 bits per heavy atom. The predicted molar refractivity (Wildman–Crippen MR) is 171 cm³/mol. The lowest BCUT2D eigenvalue weighted by Crippen LogP contribution is -1.93. The van der Waals surface area contributed by atoms with E-state index < -0.39 is 0 Å². The summed E-state index contributed by atoms with van der Waals surface area (Å²) in [5.41, 5.74) is 13.0. The second-order valence-electron chi connectivity index (χ2n) is 10.8. The predicted octanol–water partition coefficient (Wildman–Crippen LogP) is 10.3. The summed E-state index contributed by atoms with van der Waals surface area (Å²) in [6.45, 7) is 0. The van der Waals surface area contributed by atoms with E-state index in [2.05, 4.69) is 150 Å². The molecule has 2 nitrogen and oxygen atoms in total. The van der Waals surface area contributed by atoms with Crippen LogP contribution in [0.15, 0.2) is 146 Å². The van der Waals surface area contributed by atoms with Crippen molar-refractivity contribution in [2.75, 3.05) is 0 Å². The van der Waals surface area contributed by atoms with Crippen LogP contribution in [0.5, 0.6) is 0 Å². The monoisotopic (exact) mass is 520 g/mol. The van der Waals surface area contributed by atoms with Crippen molar-refractivity contribution in [3.8, 4) is 50.5 Å². The van der Waals surface area contributed by atoms with Crippen LogP contribution in [0.2, 0.25) is 0 Å². The summed E-state index contributed by atoms with van der Waals surface area (Å²) < 4.78 is 2.36. The first-order valence-electron chi connectivity index (χ1n) is 14.1. The number of rotatable bonds is 3. The fourth-order valence-electron chi connectivity index (χ4n) is 6.78. The summed E-state index contributed by atoms with van der Waals surface area (Å²) in [6.07, 6.45) is 0. The van der Waals surface area contributed by atoms with Crippen molar-refractivity contribution < 1.29 is 0 Å². The fraction of sp³-hybridized carbons (Fsp3) is 0. The van der Waals surface area contributed by atoms with Crippen LogP contribution in [0.25, 0.3) is 83.0 Å². The highest BCUT2D eigenvalue weighted by molar-refractivity contribution is 6.16. The zero-order valence-corrected chi connectivity index (χ0v) is 22.3. The van der Waals surface area contributed by atoms with Crippen molar-refractivity contribution in [1.82, 2.24) is 9.55 Å². The van der Waals surface area contributed by atoms with Crippen LogP contribution in [0.3, 0.4) is 0 Å². The van der Waals surface area contributed by atoms with Gasteiger partial charge in [0.2, 0.25) is 0 Å². The van der Waals surface area contributed by atoms with Gasteiger partial charge in [0.25, 0.3) is 0 Å². The lowest BCUT2D eigenvalue weighted by molar-refractivity contribution is 1.18. The molecule has 2 heteroatoms. The topological polar surface area (TPSA) is 17.8 Å². The third-order valence-corrected chi connectivity index (χ3v) is 8.54. The molecule has 9 rings (SSSR count). The molecule has 190 valence electrons. The summed E-state index contributed by atoms with van der Waals surface area (Å²) in [6, 6.07) is 52.3. The maximum absolute atomic E-state index is 5.27. The molecule has 1 aliphatic rings. The van der Waals surface area contributed by atoms with Gasteiger partial charge in [-0.3, -0.25) is 0 Å². The molecule has 0 radical (unpaired) electrons. The van der Waals surface area contributed by atoms with Gasteiger partial charge in [-0.2, -0.15) is 0 Å². The van der Waals surface area contributed by atoms with E-state index in [0.29, 0.717) is 0 Å². The van der Waals surface area contributed by atoms with Crippen LogP contribution in [-0.4, -0.2) is 9.55 Å². The molecule has 0 spiro atoms. The maximum Gasteiger partial charge on any atom is 0.0716 e. The highest BCUT2D eigenvalue weighted by Gasteiger charge is 2.22. The summed E-state index contributed by atoms with van der Waals surface area (Å²) in [5.74, 6) is 0. The van der Waals surface area contributed by atoms with Gasteiger partial charge in [-0.25, -0.2) is 4.98 Å². The second-order valence-corrected chi connectivity index (χ2v) is 10.8. The number of benzene rings is 6. The summed E-state index contributed by atoms with van der Waals surface area (Å²) >= 11 is 0. The van der Waals surface area contributed by atoms with Gasteiger partial charge >= 0.3 is 0 Å². The Morgan fingerprint density at radius 3 is 1.98 bits per heavy atom. The molecule has 0 atom stereocenters. The van der Waals surface area contributed by atoms with Crippen molar-refractivity contribution >= 4 is 32.6 Å². The molecule has 0 N–H and O–H groups in total. The molecule has 0 saturated carbocycles. The molecule has 0 unspecified atom stereocenters. The number of pyridine rings is 1. The van der Waals surface area contributed by atoms with E-state index in [0.717, 1.165) is 28.2 Å². The number of hydrogen-bond donors (Lipinski definition) is 0. The normalized spacial score (nSPS) is 11.9. The largest absolute Gasteiger partial charge is 0.309 e. The third-order valence-electron chi connectivity index (χ3n) is 8.54. The summed E-state index contributed by atoms with van der Waals surface area (Å²) in [4.78, 5) is 5.27. The van der Waals surface area contributed by atoms with Crippen LogP contribution >= 0.6 is 0 Å². The number of aromatic nitrogens is 2. The molecule has 1 aliphatic carbocycles. The highest BCUT2D eigenvalue weighted by atomic mass is 15.0. The molecule has 0 bridgehead atoms. The number of fused-ring (bicyclic) bond motifs is 6. The van der Waals surface area contributed by atoms with Crippen LogP contribution in [-0.2, 0) is 0 Å². The Labute approximate surface area is 237 Å². The minimum atomic E-state index is 0.981. The zero-order valence-electron chi connectivity index (χ0n) is 22.3. The van der Waals surface area contributed by atoms with E-state index in [1.165, 1.54) is 54.8 Å². The Kier molecular flexibility index (Phi) is 4.64. The lowest BCUT2D eigenvalue weighted by Gasteiger charge is -2.10. The quantitative estimate of drug-likeness (QED) is 0.227. The molecule has 6 aromatic carbocycles. The van der Waals surface area contributed by atoms with Gasteiger partial charge in [0.05, 0.1) is 22.4 Å². The number of hydrogen-bond acceptors (Lipinski definition) is 1. The Hall–Kier alpha value is -5.47. The van der Waals surface area contributed by atoms with Gasteiger partial charge in [-0.05, 0) is 75.5 Å². The van der Waals surface area contributed by atoms with Gasteiger partial charge in [0, 0.05) is 27.6 Å². The Balaban J connectivity index is 1.23. The highest BCUT2D eigenvalue weighted by Crippen LogP contribution is 2.48. The van der Waals surface area contributed by atoms with Crippen molar-refractivity contribution in [3.63, 3.8) is 0 Å². The van der Waals surface area contributed by atoms with E-state index in [-0.39, 0.29) is 0 Å².